The Hall–Kier alpha value is -0.760. The summed E-state index contributed by atoms with van der Waals surface area (Å²) in [5, 5.41) is 0. The third-order valence-corrected chi connectivity index (χ3v) is 7.96. The Balaban J connectivity index is 3.43. The molecule has 0 saturated heterocycles. The second kappa shape index (κ2) is 11.3. The number of rotatable bonds is 10. The summed E-state index contributed by atoms with van der Waals surface area (Å²) in [4.78, 5) is 5.07. The fraction of sp³-hybridized carbons (Fsp3) is 0.696. The van der Waals surface area contributed by atoms with Crippen molar-refractivity contribution in [3.05, 3.63) is 35.9 Å². The van der Waals surface area contributed by atoms with Crippen LogP contribution in [0, 0.1) is 0 Å². The average molecular weight is 392 g/mol. The lowest BCUT2D eigenvalue weighted by Crippen LogP contribution is -2.44. The van der Waals surface area contributed by atoms with E-state index in [0.717, 1.165) is 6.16 Å². The number of benzene rings is 1. The molecule has 0 spiro atoms. The number of aliphatic imine (C=N–C) groups is 1. The lowest BCUT2D eigenvalue weighted by atomic mass is 10.1. The van der Waals surface area contributed by atoms with Gasteiger partial charge in [0.2, 0.25) is 0 Å². The minimum Gasteiger partial charge on any atom is -0.286 e. The highest BCUT2D eigenvalue weighted by atomic mass is 31.1. The van der Waals surface area contributed by atoms with Crippen LogP contribution in [0.1, 0.15) is 74.8 Å². The summed E-state index contributed by atoms with van der Waals surface area (Å²) >= 11 is 0. The van der Waals surface area contributed by atoms with Crippen LogP contribution in [-0.2, 0) is 0 Å². The molecular formula is C23H42N3P. The smallest absolute Gasteiger partial charge is 0.0491 e. The fourth-order valence-electron chi connectivity index (χ4n) is 3.82. The summed E-state index contributed by atoms with van der Waals surface area (Å²) in [6.45, 7) is 23.0. The number of hydrogen-bond acceptors (Lipinski definition) is 3. The molecule has 0 aromatic heterocycles. The second-order valence-corrected chi connectivity index (χ2v) is 10.7. The van der Waals surface area contributed by atoms with E-state index in [4.69, 9.17) is 4.99 Å². The van der Waals surface area contributed by atoms with Crippen LogP contribution in [0.3, 0.4) is 0 Å². The zero-order valence-electron chi connectivity index (χ0n) is 19.3. The molecule has 0 amide bonds. The molecule has 1 rings (SSSR count). The van der Waals surface area contributed by atoms with Gasteiger partial charge in [-0.15, -0.1) is 0 Å². The van der Waals surface area contributed by atoms with Crippen LogP contribution in [0.2, 0.25) is 0 Å². The molecule has 0 saturated carbocycles. The Bertz CT molecular complexity index is 528. The molecule has 0 aliphatic rings. The van der Waals surface area contributed by atoms with Gasteiger partial charge < -0.3 is 0 Å². The Morgan fingerprint density at radius 2 is 1.15 bits per heavy atom. The number of nitrogens with zero attached hydrogens (tertiary/aromatic N) is 3. The first kappa shape index (κ1) is 24.3. The van der Waals surface area contributed by atoms with E-state index in [1.807, 2.05) is 0 Å². The van der Waals surface area contributed by atoms with E-state index in [2.05, 4.69) is 109 Å². The van der Waals surface area contributed by atoms with Gasteiger partial charge in [-0.05, 0) is 74.8 Å². The van der Waals surface area contributed by atoms with Crippen LogP contribution in [0.5, 0.6) is 0 Å². The van der Waals surface area contributed by atoms with E-state index in [0.29, 0.717) is 30.2 Å². The second-order valence-electron chi connectivity index (χ2n) is 8.70. The maximum Gasteiger partial charge on any atom is 0.0491 e. The molecular weight excluding hydrogens is 349 g/mol. The lowest BCUT2D eigenvalue weighted by Gasteiger charge is -2.47. The van der Waals surface area contributed by atoms with E-state index in [9.17, 15) is 0 Å². The minimum absolute atomic E-state index is 0.301. The molecule has 0 unspecified atom stereocenters. The summed E-state index contributed by atoms with van der Waals surface area (Å²) in [5.74, 6) is 0. The molecule has 0 aliphatic carbocycles. The lowest BCUT2D eigenvalue weighted by molar-refractivity contribution is 0.257. The van der Waals surface area contributed by atoms with Crippen molar-refractivity contribution in [2.45, 2.75) is 99.4 Å². The van der Waals surface area contributed by atoms with Crippen LogP contribution >= 0.6 is 8.22 Å². The molecule has 1 aromatic carbocycles. The molecule has 0 N–H and O–H groups in total. The van der Waals surface area contributed by atoms with Gasteiger partial charge >= 0.3 is 0 Å². The van der Waals surface area contributed by atoms with Crippen LogP contribution in [0.25, 0.3) is 0 Å². The molecule has 154 valence electrons. The first-order valence-corrected chi connectivity index (χ1v) is 12.0. The van der Waals surface area contributed by atoms with Gasteiger partial charge in [0, 0.05) is 50.3 Å². The van der Waals surface area contributed by atoms with Gasteiger partial charge in [0.1, 0.15) is 0 Å². The van der Waals surface area contributed by atoms with Crippen molar-refractivity contribution in [2.75, 3.05) is 6.16 Å². The van der Waals surface area contributed by atoms with Crippen molar-refractivity contribution < 1.29 is 0 Å². The van der Waals surface area contributed by atoms with E-state index >= 15 is 0 Å². The van der Waals surface area contributed by atoms with Crippen molar-refractivity contribution in [3.8, 4) is 0 Å². The molecule has 27 heavy (non-hydrogen) atoms. The summed E-state index contributed by atoms with van der Waals surface area (Å²) in [6, 6.07) is 13.1. The van der Waals surface area contributed by atoms with E-state index in [1.165, 1.54) is 11.3 Å². The average Bonchev–Trinajstić information content (AvgIpc) is 2.53. The zero-order chi connectivity index (χ0) is 20.7. The van der Waals surface area contributed by atoms with Crippen LogP contribution in [0.15, 0.2) is 35.3 Å². The fourth-order valence-corrected chi connectivity index (χ4v) is 7.05. The van der Waals surface area contributed by atoms with Crippen molar-refractivity contribution in [1.29, 1.82) is 0 Å². The molecule has 0 radical (unpaired) electrons. The molecule has 0 fully saturated rings. The molecule has 1 aromatic rings. The highest BCUT2D eigenvalue weighted by molar-refractivity contribution is 7.53. The Morgan fingerprint density at radius 1 is 0.741 bits per heavy atom. The van der Waals surface area contributed by atoms with Gasteiger partial charge in [-0.2, -0.15) is 0 Å². The van der Waals surface area contributed by atoms with Gasteiger partial charge in [0.25, 0.3) is 0 Å². The zero-order valence-corrected chi connectivity index (χ0v) is 20.2. The molecule has 3 nitrogen and oxygen atoms in total. The first-order valence-electron chi connectivity index (χ1n) is 10.5. The van der Waals surface area contributed by atoms with Gasteiger partial charge in [-0.3, -0.25) is 14.3 Å². The molecule has 0 bridgehead atoms. The van der Waals surface area contributed by atoms with E-state index in [1.54, 1.807) is 0 Å². The Kier molecular flexibility index (Phi) is 10.2. The molecule has 0 aliphatic heterocycles. The van der Waals surface area contributed by atoms with Crippen molar-refractivity contribution in [1.82, 2.24) is 9.34 Å². The quantitative estimate of drug-likeness (QED) is 0.338. The van der Waals surface area contributed by atoms with Gasteiger partial charge in [0.15, 0.2) is 0 Å². The Morgan fingerprint density at radius 3 is 1.48 bits per heavy atom. The summed E-state index contributed by atoms with van der Waals surface area (Å²) < 4.78 is 5.43. The Labute approximate surface area is 170 Å². The van der Waals surface area contributed by atoms with Crippen LogP contribution in [0.4, 0.5) is 0 Å². The maximum atomic E-state index is 5.07. The standard InChI is InChI=1S/C23H42N3P/c1-17(2)24-23(22-14-12-11-13-15-22)16-27(25(18(3)4)19(5)6)26(20(7)8)21(9)10/h11-15,17-21H,16H2,1-10H3. The minimum atomic E-state index is -0.503. The topological polar surface area (TPSA) is 18.8 Å². The highest BCUT2D eigenvalue weighted by Crippen LogP contribution is 2.50. The summed E-state index contributed by atoms with van der Waals surface area (Å²) in [6.07, 6.45) is 1.00. The SMILES string of the molecule is CC(C)N=C(CP(N(C(C)C)C(C)C)N(C(C)C)C(C)C)c1ccccc1. The van der Waals surface area contributed by atoms with Crippen LogP contribution < -0.4 is 0 Å². The van der Waals surface area contributed by atoms with Gasteiger partial charge in [-0.1, -0.05) is 30.3 Å². The summed E-state index contributed by atoms with van der Waals surface area (Å²) in [5.41, 5.74) is 2.51. The first-order chi connectivity index (χ1) is 12.6. The normalized spacial score (nSPS) is 13.6. The monoisotopic (exact) mass is 391 g/mol. The van der Waals surface area contributed by atoms with Crippen molar-refractivity contribution in [2.24, 2.45) is 4.99 Å². The van der Waals surface area contributed by atoms with Gasteiger partial charge in [0.05, 0.1) is 0 Å². The predicted molar refractivity (Wildman–Crippen MR) is 124 cm³/mol. The van der Waals surface area contributed by atoms with Crippen LogP contribution in [-0.4, -0.2) is 51.4 Å². The summed E-state index contributed by atoms with van der Waals surface area (Å²) in [7, 11) is -0.503. The van der Waals surface area contributed by atoms with E-state index in [-0.39, 0.29) is 0 Å². The van der Waals surface area contributed by atoms with Crippen molar-refractivity contribution in [3.63, 3.8) is 0 Å². The number of hydrogen-bond donors (Lipinski definition) is 0. The maximum absolute atomic E-state index is 5.07. The predicted octanol–water partition coefficient (Wildman–Crippen LogP) is 6.43. The molecule has 4 heteroatoms. The third kappa shape index (κ3) is 7.29. The molecule has 0 atom stereocenters. The van der Waals surface area contributed by atoms with Gasteiger partial charge in [-0.25, -0.2) is 0 Å². The van der Waals surface area contributed by atoms with E-state index < -0.39 is 8.22 Å². The highest BCUT2D eigenvalue weighted by Gasteiger charge is 2.33. The molecule has 0 heterocycles. The largest absolute Gasteiger partial charge is 0.286 e. The third-order valence-electron chi connectivity index (χ3n) is 4.46. The van der Waals surface area contributed by atoms with Crippen molar-refractivity contribution >= 4 is 13.9 Å².